The van der Waals surface area contributed by atoms with Crippen LogP contribution >= 0.6 is 22.7 Å². The normalized spacial score (nSPS) is 11.9. The van der Waals surface area contributed by atoms with Crippen LogP contribution in [0.5, 0.6) is 0 Å². The summed E-state index contributed by atoms with van der Waals surface area (Å²) in [5.41, 5.74) is 7.80. The zero-order chi connectivity index (χ0) is 19.9. The highest BCUT2D eigenvalue weighted by Crippen LogP contribution is 2.23. The van der Waals surface area contributed by atoms with E-state index in [-0.39, 0.29) is 11.9 Å². The lowest BCUT2D eigenvalue weighted by atomic mass is 10.0. The first-order chi connectivity index (χ1) is 13.5. The van der Waals surface area contributed by atoms with Crippen LogP contribution in [0.4, 0.5) is 0 Å². The number of carbonyl (C=O) groups is 2. The molecule has 2 heterocycles. The number of rotatable bonds is 9. The van der Waals surface area contributed by atoms with E-state index in [4.69, 9.17) is 5.73 Å². The molecule has 28 heavy (non-hydrogen) atoms. The van der Waals surface area contributed by atoms with Gasteiger partial charge in [0, 0.05) is 35.4 Å². The molecule has 0 radical (unpaired) electrons. The van der Waals surface area contributed by atoms with Crippen LogP contribution in [0.3, 0.4) is 0 Å². The van der Waals surface area contributed by atoms with E-state index in [9.17, 15) is 9.59 Å². The van der Waals surface area contributed by atoms with Crippen LogP contribution in [-0.2, 0) is 24.1 Å². The Hall–Kier alpha value is -2.58. The fourth-order valence-electron chi connectivity index (χ4n) is 2.75. The molecule has 3 rings (SSSR count). The number of aryl methyl sites for hydroxylation is 2. The van der Waals surface area contributed by atoms with Crippen LogP contribution in [0.25, 0.3) is 0 Å². The average molecular weight is 415 g/mol. The fraction of sp³-hybridized carbons (Fsp3) is 0.300. The average Bonchev–Trinajstić information content (AvgIpc) is 3.38. The summed E-state index contributed by atoms with van der Waals surface area (Å²) in [6.07, 6.45) is 4.21. The number of thiazole rings is 2. The molecule has 1 aromatic carbocycles. The van der Waals surface area contributed by atoms with Crippen molar-refractivity contribution in [3.05, 3.63) is 68.1 Å². The van der Waals surface area contributed by atoms with Crippen molar-refractivity contribution in [1.82, 2.24) is 15.3 Å². The Morgan fingerprint density at radius 3 is 2.61 bits per heavy atom. The third-order valence-corrected chi connectivity index (χ3v) is 6.14. The molecular weight excluding hydrogens is 392 g/mol. The summed E-state index contributed by atoms with van der Waals surface area (Å²) in [5.74, 6) is -0.478. The molecule has 0 saturated heterocycles. The number of nitrogens with one attached hydrogen (secondary N) is 1. The molecule has 0 bridgehead atoms. The third-order valence-electron chi connectivity index (χ3n) is 4.29. The van der Waals surface area contributed by atoms with Crippen molar-refractivity contribution in [3.63, 3.8) is 0 Å². The van der Waals surface area contributed by atoms with Crippen molar-refractivity contribution in [2.45, 2.75) is 38.6 Å². The maximum absolute atomic E-state index is 12.5. The lowest BCUT2D eigenvalue weighted by Gasteiger charge is -2.17. The molecule has 146 valence electrons. The molecule has 0 aliphatic rings. The van der Waals surface area contributed by atoms with E-state index in [0.717, 1.165) is 27.7 Å². The van der Waals surface area contributed by atoms with Crippen molar-refractivity contribution in [3.8, 4) is 0 Å². The fourth-order valence-corrected chi connectivity index (χ4v) is 4.32. The minimum atomic E-state index is -0.453. The minimum Gasteiger partial charge on any atom is -0.366 e. The van der Waals surface area contributed by atoms with E-state index in [1.165, 1.54) is 0 Å². The van der Waals surface area contributed by atoms with Gasteiger partial charge in [0.1, 0.15) is 5.01 Å². The highest BCUT2D eigenvalue weighted by molar-refractivity contribution is 7.09. The lowest BCUT2D eigenvalue weighted by molar-refractivity contribution is -0.121. The van der Waals surface area contributed by atoms with Crippen LogP contribution in [0.1, 0.15) is 51.0 Å². The topological polar surface area (TPSA) is 98.0 Å². The SMILES string of the molecule is CCc1csc(C(Cc2ccc(C(N)=O)cc2)NC(=O)CCc2nccs2)n1. The summed E-state index contributed by atoms with van der Waals surface area (Å²) >= 11 is 3.11. The summed E-state index contributed by atoms with van der Waals surface area (Å²) in [6, 6.07) is 6.93. The second-order valence-corrected chi connectivity index (χ2v) is 8.21. The molecule has 0 fully saturated rings. The van der Waals surface area contributed by atoms with Crippen LogP contribution < -0.4 is 11.1 Å². The molecule has 0 spiro atoms. The van der Waals surface area contributed by atoms with Gasteiger partial charge in [0.25, 0.3) is 0 Å². The summed E-state index contributed by atoms with van der Waals surface area (Å²) in [4.78, 5) is 32.6. The Kier molecular flexibility index (Phi) is 6.89. The number of nitrogens with zero attached hydrogens (tertiary/aromatic N) is 2. The second kappa shape index (κ2) is 9.57. The standard InChI is InChI=1S/C20H22N4O2S2/c1-2-15-12-28-20(23-15)16(11-13-3-5-14(6-4-13)19(21)26)24-17(25)7-8-18-22-9-10-27-18/h3-6,9-10,12,16H,2,7-8,11H2,1H3,(H2,21,26)(H,24,25). The highest BCUT2D eigenvalue weighted by Gasteiger charge is 2.19. The summed E-state index contributed by atoms with van der Waals surface area (Å²) in [6.45, 7) is 2.06. The number of nitrogens with two attached hydrogens (primary N) is 1. The predicted octanol–water partition coefficient (Wildman–Crippen LogP) is 3.29. The largest absolute Gasteiger partial charge is 0.366 e. The van der Waals surface area contributed by atoms with Crippen molar-refractivity contribution in [1.29, 1.82) is 0 Å². The Bertz CT molecular complexity index is 920. The van der Waals surface area contributed by atoms with E-state index in [1.54, 1.807) is 41.0 Å². The molecule has 2 amide bonds. The van der Waals surface area contributed by atoms with Gasteiger partial charge in [-0.25, -0.2) is 9.97 Å². The van der Waals surface area contributed by atoms with Gasteiger partial charge in [-0.1, -0.05) is 19.1 Å². The van der Waals surface area contributed by atoms with Crippen LogP contribution in [0.15, 0.2) is 41.2 Å². The molecular formula is C20H22N4O2S2. The first-order valence-corrected chi connectivity index (χ1v) is 10.8. The molecule has 3 aromatic rings. The Morgan fingerprint density at radius 1 is 1.21 bits per heavy atom. The monoisotopic (exact) mass is 414 g/mol. The van der Waals surface area contributed by atoms with Crippen LogP contribution in [0, 0.1) is 0 Å². The minimum absolute atomic E-state index is 0.0257. The predicted molar refractivity (Wildman–Crippen MR) is 111 cm³/mol. The quantitative estimate of drug-likeness (QED) is 0.561. The third kappa shape index (κ3) is 5.46. The van der Waals surface area contributed by atoms with E-state index >= 15 is 0 Å². The van der Waals surface area contributed by atoms with Gasteiger partial charge in [-0.3, -0.25) is 9.59 Å². The van der Waals surface area contributed by atoms with Crippen molar-refractivity contribution in [2.24, 2.45) is 5.73 Å². The number of amides is 2. The van der Waals surface area contributed by atoms with Gasteiger partial charge >= 0.3 is 0 Å². The maximum Gasteiger partial charge on any atom is 0.248 e. The number of aromatic nitrogens is 2. The van der Waals surface area contributed by atoms with E-state index in [0.29, 0.717) is 24.8 Å². The van der Waals surface area contributed by atoms with Gasteiger partial charge in [0.2, 0.25) is 11.8 Å². The first-order valence-electron chi connectivity index (χ1n) is 9.06. The van der Waals surface area contributed by atoms with Crippen molar-refractivity contribution in [2.75, 3.05) is 0 Å². The number of hydrogen-bond acceptors (Lipinski definition) is 6. The maximum atomic E-state index is 12.5. The van der Waals surface area contributed by atoms with E-state index in [1.807, 2.05) is 22.9 Å². The van der Waals surface area contributed by atoms with Gasteiger partial charge in [-0.2, -0.15) is 0 Å². The van der Waals surface area contributed by atoms with E-state index in [2.05, 4.69) is 22.2 Å². The van der Waals surface area contributed by atoms with Gasteiger partial charge < -0.3 is 11.1 Å². The molecule has 0 aliphatic carbocycles. The Balaban J connectivity index is 1.70. The van der Waals surface area contributed by atoms with Gasteiger partial charge in [-0.15, -0.1) is 22.7 Å². The van der Waals surface area contributed by atoms with Crippen molar-refractivity contribution >= 4 is 34.5 Å². The molecule has 1 unspecified atom stereocenters. The molecule has 1 atom stereocenters. The molecule has 2 aromatic heterocycles. The highest BCUT2D eigenvalue weighted by atomic mass is 32.1. The van der Waals surface area contributed by atoms with Gasteiger partial charge in [-0.05, 0) is 30.5 Å². The summed E-state index contributed by atoms with van der Waals surface area (Å²) < 4.78 is 0. The molecule has 3 N–H and O–H groups in total. The number of hydrogen-bond donors (Lipinski definition) is 2. The Labute approximate surface area is 171 Å². The number of benzene rings is 1. The molecule has 8 heteroatoms. The van der Waals surface area contributed by atoms with Crippen LogP contribution in [0.2, 0.25) is 0 Å². The van der Waals surface area contributed by atoms with Gasteiger partial charge in [0.15, 0.2) is 0 Å². The summed E-state index contributed by atoms with van der Waals surface area (Å²) in [7, 11) is 0. The Morgan fingerprint density at radius 2 is 2.00 bits per heavy atom. The second-order valence-electron chi connectivity index (χ2n) is 6.34. The smallest absolute Gasteiger partial charge is 0.248 e. The molecule has 0 saturated carbocycles. The zero-order valence-corrected chi connectivity index (χ0v) is 17.2. The van der Waals surface area contributed by atoms with Crippen LogP contribution in [-0.4, -0.2) is 21.8 Å². The molecule has 0 aliphatic heterocycles. The lowest BCUT2D eigenvalue weighted by Crippen LogP contribution is -2.30. The van der Waals surface area contributed by atoms with Crippen molar-refractivity contribution < 1.29 is 9.59 Å². The number of carbonyl (C=O) groups excluding carboxylic acids is 2. The summed E-state index contributed by atoms with van der Waals surface area (Å²) in [5, 5.41) is 8.89. The van der Waals surface area contributed by atoms with Gasteiger partial charge in [0.05, 0.1) is 16.7 Å². The number of primary amides is 1. The molecule has 6 nitrogen and oxygen atoms in total. The first kappa shape index (κ1) is 20.2. The zero-order valence-electron chi connectivity index (χ0n) is 15.6. The van der Waals surface area contributed by atoms with E-state index < -0.39 is 5.91 Å².